The van der Waals surface area contributed by atoms with E-state index in [0.29, 0.717) is 6.42 Å². The Morgan fingerprint density at radius 3 is 3.08 bits per heavy atom. The summed E-state index contributed by atoms with van der Waals surface area (Å²) in [5, 5.41) is 8.75. The first-order chi connectivity index (χ1) is 6.29. The Kier molecular flexibility index (Phi) is 2.33. The molecule has 0 amide bonds. The Hall–Kier alpha value is -0.870. The third-order valence-electron chi connectivity index (χ3n) is 1.88. The van der Waals surface area contributed by atoms with E-state index in [4.69, 9.17) is 5.11 Å². The maximum absolute atomic E-state index is 8.75. The maximum atomic E-state index is 8.75. The third kappa shape index (κ3) is 1.73. The topological polar surface area (TPSA) is 48.9 Å². The van der Waals surface area contributed by atoms with Crippen LogP contribution < -0.4 is 0 Å². The van der Waals surface area contributed by atoms with Crippen molar-refractivity contribution in [2.75, 3.05) is 6.61 Å². The van der Waals surface area contributed by atoms with Gasteiger partial charge in [-0.15, -0.1) is 0 Å². The van der Waals surface area contributed by atoms with Crippen molar-refractivity contribution in [3.8, 4) is 0 Å². The van der Waals surface area contributed by atoms with Gasteiger partial charge < -0.3 is 10.1 Å². The first kappa shape index (κ1) is 8.72. The van der Waals surface area contributed by atoms with Gasteiger partial charge in [0.25, 0.3) is 0 Å². The van der Waals surface area contributed by atoms with Crippen LogP contribution >= 0.6 is 15.9 Å². The predicted molar refractivity (Wildman–Crippen MR) is 54.6 cm³/mol. The van der Waals surface area contributed by atoms with Gasteiger partial charge in [-0.05, 0) is 34.1 Å². The fraction of sp³-hybridized carbons (Fsp3) is 0.222. The first-order valence-corrected chi connectivity index (χ1v) is 4.84. The molecule has 2 heterocycles. The van der Waals surface area contributed by atoms with E-state index in [-0.39, 0.29) is 6.61 Å². The minimum Gasteiger partial charge on any atom is -0.396 e. The van der Waals surface area contributed by atoms with Crippen LogP contribution in [-0.2, 0) is 6.42 Å². The van der Waals surface area contributed by atoms with Crippen molar-refractivity contribution < 1.29 is 5.11 Å². The average molecular weight is 241 g/mol. The molecule has 0 spiro atoms. The lowest BCUT2D eigenvalue weighted by atomic mass is 10.3. The van der Waals surface area contributed by atoms with E-state index >= 15 is 0 Å². The number of aromatic nitrogens is 2. The number of H-pyrrole nitrogens is 1. The van der Waals surface area contributed by atoms with Gasteiger partial charge in [0.2, 0.25) is 0 Å². The molecule has 2 N–H and O–H groups in total. The molecule has 0 bridgehead atoms. The quantitative estimate of drug-likeness (QED) is 0.788. The molecule has 0 saturated carbocycles. The van der Waals surface area contributed by atoms with Gasteiger partial charge in [-0.1, -0.05) is 0 Å². The van der Waals surface area contributed by atoms with Gasteiger partial charge in [0.15, 0.2) is 0 Å². The highest BCUT2D eigenvalue weighted by Crippen LogP contribution is 2.16. The SMILES string of the molecule is OCCc1cc2nc(Br)ccc2[nH]1. The van der Waals surface area contributed by atoms with Gasteiger partial charge in [0.05, 0.1) is 11.0 Å². The lowest BCUT2D eigenvalue weighted by Crippen LogP contribution is -1.88. The summed E-state index contributed by atoms with van der Waals surface area (Å²) in [7, 11) is 0. The molecule has 0 aliphatic rings. The summed E-state index contributed by atoms with van der Waals surface area (Å²) in [6.07, 6.45) is 0.647. The lowest BCUT2D eigenvalue weighted by molar-refractivity contribution is 0.298. The predicted octanol–water partition coefficient (Wildman–Crippen LogP) is 1.86. The largest absolute Gasteiger partial charge is 0.396 e. The Balaban J connectivity index is 2.49. The smallest absolute Gasteiger partial charge is 0.106 e. The molecule has 0 fully saturated rings. The minimum atomic E-state index is 0.161. The summed E-state index contributed by atoms with van der Waals surface area (Å²) < 4.78 is 0.828. The molecule has 0 aliphatic carbocycles. The fourth-order valence-electron chi connectivity index (χ4n) is 1.29. The van der Waals surface area contributed by atoms with E-state index in [0.717, 1.165) is 21.3 Å². The van der Waals surface area contributed by atoms with Crippen LogP contribution in [0.15, 0.2) is 22.8 Å². The first-order valence-electron chi connectivity index (χ1n) is 4.04. The number of hydrogen-bond donors (Lipinski definition) is 2. The van der Waals surface area contributed by atoms with Crippen LogP contribution in [0.25, 0.3) is 11.0 Å². The van der Waals surface area contributed by atoms with E-state index in [2.05, 4.69) is 25.9 Å². The van der Waals surface area contributed by atoms with E-state index in [9.17, 15) is 0 Å². The molecule has 0 radical (unpaired) electrons. The minimum absolute atomic E-state index is 0.161. The van der Waals surface area contributed by atoms with E-state index in [1.54, 1.807) is 0 Å². The Morgan fingerprint density at radius 2 is 2.31 bits per heavy atom. The van der Waals surface area contributed by atoms with Crippen LogP contribution in [0.3, 0.4) is 0 Å². The highest BCUT2D eigenvalue weighted by molar-refractivity contribution is 9.10. The zero-order valence-corrected chi connectivity index (χ0v) is 8.50. The van der Waals surface area contributed by atoms with Crippen LogP contribution in [-0.4, -0.2) is 21.7 Å². The molecule has 68 valence electrons. The molecule has 0 atom stereocenters. The molecular weight excluding hydrogens is 232 g/mol. The highest BCUT2D eigenvalue weighted by atomic mass is 79.9. The molecule has 2 rings (SSSR count). The van der Waals surface area contributed by atoms with E-state index in [1.165, 1.54) is 0 Å². The highest BCUT2D eigenvalue weighted by Gasteiger charge is 2.01. The molecule has 0 unspecified atom stereocenters. The number of halogens is 1. The summed E-state index contributed by atoms with van der Waals surface area (Å²) in [6.45, 7) is 0.161. The van der Waals surface area contributed by atoms with Crippen molar-refractivity contribution in [1.29, 1.82) is 0 Å². The molecule has 0 aliphatic heterocycles. The van der Waals surface area contributed by atoms with Gasteiger partial charge in [0.1, 0.15) is 4.60 Å². The summed E-state index contributed by atoms with van der Waals surface area (Å²) in [5.74, 6) is 0. The van der Waals surface area contributed by atoms with Crippen molar-refractivity contribution >= 4 is 27.0 Å². The number of fused-ring (bicyclic) bond motifs is 1. The van der Waals surface area contributed by atoms with Crippen molar-refractivity contribution in [2.45, 2.75) is 6.42 Å². The number of pyridine rings is 1. The summed E-state index contributed by atoms with van der Waals surface area (Å²) in [6, 6.07) is 5.81. The number of nitrogens with one attached hydrogen (secondary N) is 1. The molecule has 13 heavy (non-hydrogen) atoms. The van der Waals surface area contributed by atoms with Crippen LogP contribution in [0.4, 0.5) is 0 Å². The second-order valence-electron chi connectivity index (χ2n) is 2.83. The van der Waals surface area contributed by atoms with Gasteiger partial charge in [-0.3, -0.25) is 0 Å². The molecule has 0 aromatic carbocycles. The van der Waals surface area contributed by atoms with Crippen LogP contribution in [0, 0.1) is 0 Å². The Morgan fingerprint density at radius 1 is 1.46 bits per heavy atom. The van der Waals surface area contributed by atoms with Crippen LogP contribution in [0.5, 0.6) is 0 Å². The van der Waals surface area contributed by atoms with Gasteiger partial charge in [-0.25, -0.2) is 4.98 Å². The van der Waals surface area contributed by atoms with Gasteiger partial charge in [-0.2, -0.15) is 0 Å². The summed E-state index contributed by atoms with van der Waals surface area (Å²) >= 11 is 3.31. The Bertz CT molecular complexity index is 424. The van der Waals surface area contributed by atoms with Crippen molar-refractivity contribution in [1.82, 2.24) is 9.97 Å². The normalized spacial score (nSPS) is 10.9. The number of aliphatic hydroxyl groups excluding tert-OH is 1. The fourth-order valence-corrected chi connectivity index (χ4v) is 1.62. The maximum Gasteiger partial charge on any atom is 0.106 e. The number of aromatic amines is 1. The zero-order chi connectivity index (χ0) is 9.26. The number of nitrogens with zero attached hydrogens (tertiary/aromatic N) is 1. The van der Waals surface area contributed by atoms with E-state index in [1.807, 2.05) is 18.2 Å². The monoisotopic (exact) mass is 240 g/mol. The second-order valence-corrected chi connectivity index (χ2v) is 3.65. The molecule has 2 aromatic heterocycles. The van der Waals surface area contributed by atoms with Crippen molar-refractivity contribution in [2.24, 2.45) is 0 Å². The van der Waals surface area contributed by atoms with E-state index < -0.39 is 0 Å². The van der Waals surface area contributed by atoms with Crippen LogP contribution in [0.1, 0.15) is 5.69 Å². The molecule has 0 saturated heterocycles. The average Bonchev–Trinajstić information content (AvgIpc) is 2.46. The summed E-state index contributed by atoms with van der Waals surface area (Å²) in [4.78, 5) is 7.46. The van der Waals surface area contributed by atoms with Crippen molar-refractivity contribution in [3.63, 3.8) is 0 Å². The Labute approximate surface area is 83.9 Å². The lowest BCUT2D eigenvalue weighted by Gasteiger charge is -1.89. The van der Waals surface area contributed by atoms with Gasteiger partial charge in [0, 0.05) is 18.7 Å². The number of aliphatic hydroxyl groups is 1. The molecule has 3 nitrogen and oxygen atoms in total. The third-order valence-corrected chi connectivity index (χ3v) is 2.32. The molecule has 2 aromatic rings. The number of rotatable bonds is 2. The number of hydrogen-bond acceptors (Lipinski definition) is 2. The zero-order valence-electron chi connectivity index (χ0n) is 6.92. The van der Waals surface area contributed by atoms with Crippen LogP contribution in [0.2, 0.25) is 0 Å². The second kappa shape index (κ2) is 3.47. The van der Waals surface area contributed by atoms with Gasteiger partial charge >= 0.3 is 0 Å². The summed E-state index contributed by atoms with van der Waals surface area (Å²) in [5.41, 5.74) is 2.95. The standard InChI is InChI=1S/C9H9BrN2O/c10-9-2-1-7-8(12-9)5-6(11-7)3-4-13/h1-2,5,11,13H,3-4H2. The van der Waals surface area contributed by atoms with Crippen molar-refractivity contribution in [3.05, 3.63) is 28.5 Å². The molecule has 4 heteroatoms. The molecular formula is C9H9BrN2O.